The van der Waals surface area contributed by atoms with Gasteiger partial charge in [-0.3, -0.25) is 9.89 Å². The number of carbonyl (C=O) groups excluding carboxylic acids is 1. The lowest BCUT2D eigenvalue weighted by atomic mass is 10.1. The second-order valence-corrected chi connectivity index (χ2v) is 7.08. The molecule has 2 fully saturated rings. The molecule has 0 bridgehead atoms. The summed E-state index contributed by atoms with van der Waals surface area (Å²) < 4.78 is 6.03. The van der Waals surface area contributed by atoms with Crippen molar-refractivity contribution in [3.63, 3.8) is 0 Å². The largest absolute Gasteiger partial charge is 0.375 e. The van der Waals surface area contributed by atoms with Gasteiger partial charge in [-0.05, 0) is 38.4 Å². The fourth-order valence-electron chi connectivity index (χ4n) is 3.90. The van der Waals surface area contributed by atoms with Crippen LogP contribution in [0.5, 0.6) is 0 Å². The Kier molecular flexibility index (Phi) is 4.99. The first-order valence-corrected chi connectivity index (χ1v) is 9.37. The maximum Gasteiger partial charge on any atom is 0.275 e. The van der Waals surface area contributed by atoms with E-state index in [0.29, 0.717) is 12.2 Å². The fraction of sp³-hybridized carbons (Fsp3) is 0.579. The number of benzene rings is 1. The molecule has 0 saturated carbocycles. The van der Waals surface area contributed by atoms with Gasteiger partial charge in [0.15, 0.2) is 5.69 Å². The minimum Gasteiger partial charge on any atom is -0.375 e. The second kappa shape index (κ2) is 7.54. The number of aromatic nitrogens is 2. The number of aromatic amines is 1. The summed E-state index contributed by atoms with van der Waals surface area (Å²) in [6.45, 7) is 5.33. The first kappa shape index (κ1) is 16.5. The molecule has 0 aliphatic carbocycles. The van der Waals surface area contributed by atoms with E-state index in [4.69, 9.17) is 4.74 Å². The maximum absolute atomic E-state index is 13.0. The van der Waals surface area contributed by atoms with Gasteiger partial charge in [0.05, 0.1) is 11.6 Å². The highest BCUT2D eigenvalue weighted by Gasteiger charge is 2.27. The van der Waals surface area contributed by atoms with Crippen LogP contribution < -0.4 is 0 Å². The minimum absolute atomic E-state index is 0.00611. The number of likely N-dealkylation sites (tertiary alicyclic amines) is 1. The van der Waals surface area contributed by atoms with E-state index in [9.17, 15) is 4.79 Å². The summed E-state index contributed by atoms with van der Waals surface area (Å²) in [5.41, 5.74) is 1.43. The van der Waals surface area contributed by atoms with Crippen molar-refractivity contribution in [2.75, 3.05) is 39.3 Å². The molecule has 4 rings (SSSR count). The van der Waals surface area contributed by atoms with Crippen LogP contribution in [0.4, 0.5) is 0 Å². The highest BCUT2D eigenvalue weighted by Crippen LogP contribution is 2.19. The summed E-state index contributed by atoms with van der Waals surface area (Å²) >= 11 is 0. The lowest BCUT2D eigenvalue weighted by Gasteiger charge is -2.31. The number of fused-ring (bicyclic) bond motifs is 1. The van der Waals surface area contributed by atoms with E-state index in [0.717, 1.165) is 50.1 Å². The predicted molar refractivity (Wildman–Crippen MR) is 96.6 cm³/mol. The molecular formula is C19H26N4O2. The van der Waals surface area contributed by atoms with Gasteiger partial charge >= 0.3 is 0 Å². The Morgan fingerprint density at radius 2 is 2.00 bits per heavy atom. The van der Waals surface area contributed by atoms with E-state index in [2.05, 4.69) is 15.1 Å². The summed E-state index contributed by atoms with van der Waals surface area (Å²) in [6.07, 6.45) is 4.85. The lowest BCUT2D eigenvalue weighted by Crippen LogP contribution is -2.44. The molecule has 0 spiro atoms. The van der Waals surface area contributed by atoms with E-state index >= 15 is 0 Å². The molecule has 2 aromatic rings. The fourth-order valence-corrected chi connectivity index (χ4v) is 3.90. The SMILES string of the molecule is O=C(c1n[nH]c2ccccc12)N1CCCO[C@H](CN2CCCCC2)C1. The summed E-state index contributed by atoms with van der Waals surface area (Å²) in [4.78, 5) is 17.4. The van der Waals surface area contributed by atoms with Gasteiger partial charge in [0.2, 0.25) is 0 Å². The molecule has 25 heavy (non-hydrogen) atoms. The number of hydrogen-bond donors (Lipinski definition) is 1. The Morgan fingerprint density at radius 1 is 1.16 bits per heavy atom. The summed E-state index contributed by atoms with van der Waals surface area (Å²) in [5, 5.41) is 8.13. The molecule has 1 amide bonds. The Labute approximate surface area is 148 Å². The third-order valence-electron chi connectivity index (χ3n) is 5.22. The molecule has 2 saturated heterocycles. The van der Waals surface area contributed by atoms with Crippen molar-refractivity contribution in [3.8, 4) is 0 Å². The Bertz CT molecular complexity index is 723. The van der Waals surface area contributed by atoms with Gasteiger partial charge in [-0.1, -0.05) is 24.6 Å². The third-order valence-corrected chi connectivity index (χ3v) is 5.22. The number of para-hydroxylation sites is 1. The number of hydrogen-bond acceptors (Lipinski definition) is 4. The van der Waals surface area contributed by atoms with Crippen LogP contribution in [0.25, 0.3) is 10.9 Å². The zero-order chi connectivity index (χ0) is 17.1. The van der Waals surface area contributed by atoms with Crippen molar-refractivity contribution in [2.45, 2.75) is 31.8 Å². The van der Waals surface area contributed by atoms with Gasteiger partial charge in [-0.25, -0.2) is 0 Å². The highest BCUT2D eigenvalue weighted by atomic mass is 16.5. The first-order chi connectivity index (χ1) is 12.3. The van der Waals surface area contributed by atoms with Gasteiger partial charge in [-0.15, -0.1) is 0 Å². The van der Waals surface area contributed by atoms with Gasteiger partial charge in [0.1, 0.15) is 0 Å². The zero-order valence-electron chi connectivity index (χ0n) is 14.6. The molecule has 1 atom stereocenters. The van der Waals surface area contributed by atoms with E-state index in [1.165, 1.54) is 19.3 Å². The van der Waals surface area contributed by atoms with Crippen LogP contribution in [0.1, 0.15) is 36.2 Å². The van der Waals surface area contributed by atoms with Crippen LogP contribution in [-0.4, -0.2) is 71.3 Å². The Hall–Kier alpha value is -1.92. The number of carbonyl (C=O) groups is 1. The number of rotatable bonds is 3. The first-order valence-electron chi connectivity index (χ1n) is 9.37. The summed E-state index contributed by atoms with van der Waals surface area (Å²) in [7, 11) is 0. The van der Waals surface area contributed by atoms with Crippen LogP contribution in [0, 0.1) is 0 Å². The topological polar surface area (TPSA) is 61.5 Å². The summed E-state index contributed by atoms with van der Waals surface area (Å²) in [5.74, 6) is 0.00611. The number of ether oxygens (including phenoxy) is 1. The molecular weight excluding hydrogens is 316 g/mol. The predicted octanol–water partition coefficient (Wildman–Crippen LogP) is 2.28. The normalized spacial score (nSPS) is 22.9. The average Bonchev–Trinajstić information content (AvgIpc) is 2.94. The van der Waals surface area contributed by atoms with E-state index < -0.39 is 0 Å². The number of piperidine rings is 1. The molecule has 3 heterocycles. The maximum atomic E-state index is 13.0. The van der Waals surface area contributed by atoms with Crippen molar-refractivity contribution in [2.24, 2.45) is 0 Å². The molecule has 0 radical (unpaired) electrons. The minimum atomic E-state index is 0.00611. The number of amides is 1. The van der Waals surface area contributed by atoms with Crippen molar-refractivity contribution in [3.05, 3.63) is 30.0 Å². The quantitative estimate of drug-likeness (QED) is 0.930. The van der Waals surface area contributed by atoms with Gasteiger partial charge in [0.25, 0.3) is 5.91 Å². The standard InChI is InChI=1S/C19H26N4O2/c24-19(18-16-7-2-3-8-17(16)20-21-18)23-11-6-12-25-15(14-23)13-22-9-4-1-5-10-22/h2-3,7-8,15H,1,4-6,9-14H2,(H,20,21)/t15-/m1/s1. The number of nitrogens with one attached hydrogen (secondary N) is 1. The molecule has 1 aromatic heterocycles. The van der Waals surface area contributed by atoms with Crippen molar-refractivity contribution in [1.82, 2.24) is 20.0 Å². The average molecular weight is 342 g/mol. The van der Waals surface area contributed by atoms with Crippen molar-refractivity contribution < 1.29 is 9.53 Å². The lowest BCUT2D eigenvalue weighted by molar-refractivity contribution is 0.0216. The smallest absolute Gasteiger partial charge is 0.275 e. The van der Waals surface area contributed by atoms with Gasteiger partial charge < -0.3 is 14.5 Å². The molecule has 0 unspecified atom stereocenters. The van der Waals surface area contributed by atoms with Crippen LogP contribution >= 0.6 is 0 Å². The van der Waals surface area contributed by atoms with E-state index in [-0.39, 0.29) is 12.0 Å². The molecule has 6 nitrogen and oxygen atoms in total. The highest BCUT2D eigenvalue weighted by molar-refractivity contribution is 6.04. The molecule has 1 aromatic carbocycles. The Balaban J connectivity index is 1.47. The number of H-pyrrole nitrogens is 1. The van der Waals surface area contributed by atoms with Crippen molar-refractivity contribution in [1.29, 1.82) is 0 Å². The molecule has 2 aliphatic rings. The van der Waals surface area contributed by atoms with Gasteiger partial charge in [0, 0.05) is 31.6 Å². The summed E-state index contributed by atoms with van der Waals surface area (Å²) in [6, 6.07) is 7.79. The van der Waals surface area contributed by atoms with E-state index in [1.54, 1.807) is 0 Å². The van der Waals surface area contributed by atoms with Crippen LogP contribution in [0.15, 0.2) is 24.3 Å². The molecule has 6 heteroatoms. The van der Waals surface area contributed by atoms with E-state index in [1.807, 2.05) is 29.2 Å². The monoisotopic (exact) mass is 342 g/mol. The molecule has 1 N–H and O–H groups in total. The van der Waals surface area contributed by atoms with Crippen LogP contribution in [0.2, 0.25) is 0 Å². The number of nitrogens with zero attached hydrogens (tertiary/aromatic N) is 3. The Morgan fingerprint density at radius 3 is 2.88 bits per heavy atom. The zero-order valence-corrected chi connectivity index (χ0v) is 14.6. The second-order valence-electron chi connectivity index (χ2n) is 7.08. The molecule has 2 aliphatic heterocycles. The van der Waals surface area contributed by atoms with Crippen molar-refractivity contribution >= 4 is 16.8 Å². The van der Waals surface area contributed by atoms with Gasteiger partial charge in [-0.2, -0.15) is 5.10 Å². The van der Waals surface area contributed by atoms with Crippen LogP contribution in [0.3, 0.4) is 0 Å². The molecule has 134 valence electrons. The van der Waals surface area contributed by atoms with Crippen LogP contribution in [-0.2, 0) is 4.74 Å². The third kappa shape index (κ3) is 3.70.